The number of nitrogens with one attached hydrogen (secondary N) is 1. The number of benzene rings is 2. The lowest BCUT2D eigenvalue weighted by atomic mass is 10.1. The highest BCUT2D eigenvalue weighted by Crippen LogP contribution is 2.26. The van der Waals surface area contributed by atoms with Crippen LogP contribution in [-0.4, -0.2) is 5.88 Å². The first kappa shape index (κ1) is 13.5. The molecule has 0 aliphatic rings. The minimum Gasteiger partial charge on any atom is -0.381 e. The summed E-state index contributed by atoms with van der Waals surface area (Å²) in [5, 5.41) is 7.07. The summed E-state index contributed by atoms with van der Waals surface area (Å²) in [6.45, 7) is 0.860. The number of fused-ring (bicyclic) bond motifs is 1. The van der Waals surface area contributed by atoms with Crippen LogP contribution in [0.3, 0.4) is 0 Å². The zero-order valence-electron chi connectivity index (χ0n) is 11.1. The molecule has 0 bridgehead atoms. The van der Waals surface area contributed by atoms with E-state index in [-0.39, 0.29) is 0 Å². The first-order valence-corrected chi connectivity index (χ1v) is 8.12. The van der Waals surface area contributed by atoms with Crippen molar-refractivity contribution in [1.82, 2.24) is 0 Å². The van der Waals surface area contributed by atoms with Gasteiger partial charge in [0.25, 0.3) is 0 Å². The van der Waals surface area contributed by atoms with E-state index in [1.807, 2.05) is 0 Å². The SMILES string of the molecule is ClCCc1ccc(NCc2csc3ccccc23)cc1. The minimum atomic E-state index is 0.674. The Morgan fingerprint density at radius 3 is 2.60 bits per heavy atom. The van der Waals surface area contributed by atoms with E-state index >= 15 is 0 Å². The Bertz CT molecular complexity index is 688. The quantitative estimate of drug-likeness (QED) is 0.631. The predicted octanol–water partition coefficient (Wildman–Crippen LogP) is 5.29. The number of hydrogen-bond donors (Lipinski definition) is 1. The van der Waals surface area contributed by atoms with Crippen LogP contribution in [0.5, 0.6) is 0 Å². The largest absolute Gasteiger partial charge is 0.381 e. The number of thiophene rings is 1. The van der Waals surface area contributed by atoms with E-state index in [1.165, 1.54) is 21.2 Å². The normalized spacial score (nSPS) is 10.8. The summed E-state index contributed by atoms with van der Waals surface area (Å²) in [7, 11) is 0. The van der Waals surface area contributed by atoms with E-state index in [0.717, 1.165) is 18.7 Å². The van der Waals surface area contributed by atoms with Crippen molar-refractivity contribution >= 4 is 38.7 Å². The van der Waals surface area contributed by atoms with Gasteiger partial charge < -0.3 is 5.32 Å². The fourth-order valence-corrected chi connectivity index (χ4v) is 3.45. The number of halogens is 1. The molecule has 3 aromatic rings. The van der Waals surface area contributed by atoms with Crippen LogP contribution in [-0.2, 0) is 13.0 Å². The van der Waals surface area contributed by atoms with Crippen molar-refractivity contribution in [2.75, 3.05) is 11.2 Å². The maximum absolute atomic E-state index is 5.75. The smallest absolute Gasteiger partial charge is 0.0415 e. The van der Waals surface area contributed by atoms with Gasteiger partial charge in [-0.3, -0.25) is 0 Å². The number of rotatable bonds is 5. The Hall–Kier alpha value is -1.51. The first-order valence-electron chi connectivity index (χ1n) is 6.71. The summed E-state index contributed by atoms with van der Waals surface area (Å²) in [6.07, 6.45) is 0.928. The lowest BCUT2D eigenvalue weighted by Gasteiger charge is -2.07. The van der Waals surface area contributed by atoms with Crippen LogP contribution in [0.15, 0.2) is 53.9 Å². The summed E-state index contributed by atoms with van der Waals surface area (Å²) in [5.74, 6) is 0.674. The van der Waals surface area contributed by atoms with Gasteiger partial charge in [0, 0.05) is 22.8 Å². The van der Waals surface area contributed by atoms with Crippen molar-refractivity contribution < 1.29 is 0 Å². The molecule has 0 atom stereocenters. The van der Waals surface area contributed by atoms with E-state index in [0.29, 0.717) is 5.88 Å². The molecule has 3 heteroatoms. The van der Waals surface area contributed by atoms with Crippen LogP contribution in [0.4, 0.5) is 5.69 Å². The lowest BCUT2D eigenvalue weighted by molar-refractivity contribution is 1.14. The monoisotopic (exact) mass is 301 g/mol. The van der Waals surface area contributed by atoms with Gasteiger partial charge in [-0.25, -0.2) is 0 Å². The van der Waals surface area contributed by atoms with Crippen LogP contribution < -0.4 is 5.32 Å². The molecule has 1 aromatic heterocycles. The van der Waals surface area contributed by atoms with Gasteiger partial charge in [-0.05, 0) is 46.5 Å². The average molecular weight is 302 g/mol. The van der Waals surface area contributed by atoms with E-state index < -0.39 is 0 Å². The van der Waals surface area contributed by atoms with Crippen LogP contribution >= 0.6 is 22.9 Å². The summed E-state index contributed by atoms with van der Waals surface area (Å²) < 4.78 is 1.35. The van der Waals surface area contributed by atoms with Crippen LogP contribution in [0.25, 0.3) is 10.1 Å². The topological polar surface area (TPSA) is 12.0 Å². The maximum Gasteiger partial charge on any atom is 0.0415 e. The molecule has 0 spiro atoms. The second-order valence-corrected chi connectivity index (χ2v) is 6.04. The number of hydrogen-bond acceptors (Lipinski definition) is 2. The fraction of sp³-hybridized carbons (Fsp3) is 0.176. The van der Waals surface area contributed by atoms with E-state index in [2.05, 4.69) is 59.2 Å². The van der Waals surface area contributed by atoms with Crippen LogP contribution in [0.2, 0.25) is 0 Å². The molecule has 0 amide bonds. The summed E-state index contributed by atoms with van der Waals surface area (Å²) in [6, 6.07) is 17.1. The zero-order valence-corrected chi connectivity index (χ0v) is 12.7. The zero-order chi connectivity index (χ0) is 13.8. The molecular weight excluding hydrogens is 286 g/mol. The Morgan fingerprint density at radius 2 is 1.80 bits per heavy atom. The van der Waals surface area contributed by atoms with Gasteiger partial charge in [0.05, 0.1) is 0 Å². The number of anilines is 1. The molecule has 1 N–H and O–H groups in total. The molecule has 20 heavy (non-hydrogen) atoms. The fourth-order valence-electron chi connectivity index (χ4n) is 2.27. The standard InChI is InChI=1S/C17H16ClNS/c18-10-9-13-5-7-15(8-6-13)19-11-14-12-20-17-4-2-1-3-16(14)17/h1-8,12,19H,9-11H2. The van der Waals surface area contributed by atoms with Crippen molar-refractivity contribution in [3.8, 4) is 0 Å². The van der Waals surface area contributed by atoms with E-state index in [1.54, 1.807) is 11.3 Å². The summed E-state index contributed by atoms with van der Waals surface area (Å²) in [5.41, 5.74) is 3.79. The second-order valence-electron chi connectivity index (χ2n) is 4.75. The van der Waals surface area contributed by atoms with Gasteiger partial charge in [0.2, 0.25) is 0 Å². The van der Waals surface area contributed by atoms with Gasteiger partial charge in [0.15, 0.2) is 0 Å². The molecule has 0 unspecified atom stereocenters. The molecule has 1 nitrogen and oxygen atoms in total. The van der Waals surface area contributed by atoms with Gasteiger partial charge >= 0.3 is 0 Å². The second kappa shape index (κ2) is 6.29. The highest BCUT2D eigenvalue weighted by molar-refractivity contribution is 7.17. The maximum atomic E-state index is 5.75. The van der Waals surface area contributed by atoms with Crippen molar-refractivity contribution in [2.24, 2.45) is 0 Å². The Morgan fingerprint density at radius 1 is 1.00 bits per heavy atom. The van der Waals surface area contributed by atoms with Crippen LogP contribution in [0.1, 0.15) is 11.1 Å². The predicted molar refractivity (Wildman–Crippen MR) is 90.0 cm³/mol. The van der Waals surface area contributed by atoms with E-state index in [9.17, 15) is 0 Å². The van der Waals surface area contributed by atoms with Crippen molar-refractivity contribution in [3.63, 3.8) is 0 Å². The average Bonchev–Trinajstić information content (AvgIpc) is 2.90. The van der Waals surface area contributed by atoms with Gasteiger partial charge in [0.1, 0.15) is 0 Å². The Kier molecular flexibility index (Phi) is 4.24. The van der Waals surface area contributed by atoms with E-state index in [4.69, 9.17) is 11.6 Å². The molecule has 102 valence electrons. The number of alkyl halides is 1. The first-order chi connectivity index (χ1) is 9.86. The third-order valence-electron chi connectivity index (χ3n) is 3.38. The molecule has 0 fully saturated rings. The highest BCUT2D eigenvalue weighted by Gasteiger charge is 2.03. The molecule has 1 heterocycles. The molecule has 0 aliphatic carbocycles. The Labute approximate surface area is 128 Å². The van der Waals surface area contributed by atoms with Gasteiger partial charge in [-0.1, -0.05) is 30.3 Å². The van der Waals surface area contributed by atoms with Crippen molar-refractivity contribution in [1.29, 1.82) is 0 Å². The molecule has 0 aliphatic heterocycles. The van der Waals surface area contributed by atoms with Crippen molar-refractivity contribution in [2.45, 2.75) is 13.0 Å². The molecule has 0 radical (unpaired) electrons. The third-order valence-corrected chi connectivity index (χ3v) is 4.58. The molecule has 0 saturated heterocycles. The molecule has 3 rings (SSSR count). The highest BCUT2D eigenvalue weighted by atomic mass is 35.5. The molecular formula is C17H16ClNS. The lowest BCUT2D eigenvalue weighted by Crippen LogP contribution is -1.98. The molecule has 2 aromatic carbocycles. The summed E-state index contributed by atoms with van der Waals surface area (Å²) in [4.78, 5) is 0. The Balaban J connectivity index is 1.69. The van der Waals surface area contributed by atoms with Gasteiger partial charge in [-0.15, -0.1) is 22.9 Å². The summed E-state index contributed by atoms with van der Waals surface area (Å²) >= 11 is 7.55. The minimum absolute atomic E-state index is 0.674. The number of aryl methyl sites for hydroxylation is 1. The molecule has 0 saturated carbocycles. The van der Waals surface area contributed by atoms with Crippen molar-refractivity contribution in [3.05, 3.63) is 65.0 Å². The van der Waals surface area contributed by atoms with Gasteiger partial charge in [-0.2, -0.15) is 0 Å². The third kappa shape index (κ3) is 2.97. The van der Waals surface area contributed by atoms with Crippen LogP contribution in [0, 0.1) is 0 Å².